The predicted molar refractivity (Wildman–Crippen MR) is 67.0 cm³/mol. The van der Waals surface area contributed by atoms with Crippen molar-refractivity contribution in [3.63, 3.8) is 0 Å². The first kappa shape index (κ1) is 11.6. The summed E-state index contributed by atoms with van der Waals surface area (Å²) in [4.78, 5) is 4.41. The van der Waals surface area contributed by atoms with Crippen LogP contribution in [0.5, 0.6) is 0 Å². The Kier molecular flexibility index (Phi) is 3.13. The molecule has 1 aromatic heterocycles. The molecule has 0 amide bonds. The van der Waals surface area contributed by atoms with E-state index in [1.54, 1.807) is 12.1 Å². The Morgan fingerprint density at radius 1 is 1.24 bits per heavy atom. The highest BCUT2D eigenvalue weighted by atomic mass is 19.1. The van der Waals surface area contributed by atoms with Crippen molar-refractivity contribution in [2.45, 2.75) is 26.8 Å². The molecule has 0 bridgehead atoms. The summed E-state index contributed by atoms with van der Waals surface area (Å²) >= 11 is 0. The Balaban J connectivity index is 2.26. The molecule has 0 saturated carbocycles. The van der Waals surface area contributed by atoms with Crippen LogP contribution in [0.25, 0.3) is 0 Å². The van der Waals surface area contributed by atoms with Gasteiger partial charge in [-0.15, -0.1) is 0 Å². The van der Waals surface area contributed by atoms with Gasteiger partial charge in [0.1, 0.15) is 5.82 Å². The number of aromatic nitrogens is 2. The molecule has 0 atom stereocenters. The van der Waals surface area contributed by atoms with E-state index in [1.165, 1.54) is 12.1 Å². The van der Waals surface area contributed by atoms with Crippen molar-refractivity contribution in [3.8, 4) is 0 Å². The number of benzene rings is 1. The van der Waals surface area contributed by atoms with Gasteiger partial charge in [-0.05, 0) is 45.0 Å². The van der Waals surface area contributed by atoms with Crippen molar-refractivity contribution in [2.24, 2.45) is 0 Å². The number of anilines is 2. The van der Waals surface area contributed by atoms with Gasteiger partial charge in [0.15, 0.2) is 0 Å². The fourth-order valence-corrected chi connectivity index (χ4v) is 1.66. The van der Waals surface area contributed by atoms with E-state index < -0.39 is 0 Å². The lowest BCUT2D eigenvalue weighted by Gasteiger charge is -2.12. The van der Waals surface area contributed by atoms with Crippen LogP contribution in [0.2, 0.25) is 0 Å². The van der Waals surface area contributed by atoms with E-state index in [2.05, 4.69) is 28.7 Å². The van der Waals surface area contributed by atoms with Crippen molar-refractivity contribution in [1.82, 2.24) is 9.55 Å². The van der Waals surface area contributed by atoms with Gasteiger partial charge in [-0.2, -0.15) is 0 Å². The van der Waals surface area contributed by atoms with E-state index in [1.807, 2.05) is 13.1 Å². The van der Waals surface area contributed by atoms with Crippen LogP contribution in [-0.4, -0.2) is 9.55 Å². The highest BCUT2D eigenvalue weighted by Crippen LogP contribution is 2.20. The maximum Gasteiger partial charge on any atom is 0.207 e. The molecule has 0 aliphatic heterocycles. The van der Waals surface area contributed by atoms with Gasteiger partial charge >= 0.3 is 0 Å². The SMILES string of the molecule is Cc1cn(C(C)C)c(Nc2ccc(F)cc2)n1. The lowest BCUT2D eigenvalue weighted by Crippen LogP contribution is -2.05. The zero-order valence-electron chi connectivity index (χ0n) is 10.2. The van der Waals surface area contributed by atoms with Crippen molar-refractivity contribution in [2.75, 3.05) is 5.32 Å². The second kappa shape index (κ2) is 4.57. The van der Waals surface area contributed by atoms with E-state index in [0.29, 0.717) is 6.04 Å². The minimum atomic E-state index is -0.237. The van der Waals surface area contributed by atoms with Crippen LogP contribution in [0.15, 0.2) is 30.5 Å². The van der Waals surface area contributed by atoms with Gasteiger partial charge < -0.3 is 9.88 Å². The third-order valence-corrected chi connectivity index (χ3v) is 2.51. The molecular formula is C13H16FN3. The first-order chi connectivity index (χ1) is 8.06. The highest BCUT2D eigenvalue weighted by molar-refractivity contribution is 5.53. The fraction of sp³-hybridized carbons (Fsp3) is 0.308. The van der Waals surface area contributed by atoms with Gasteiger partial charge in [0.2, 0.25) is 5.95 Å². The summed E-state index contributed by atoms with van der Waals surface area (Å²) in [6, 6.07) is 6.59. The molecule has 3 nitrogen and oxygen atoms in total. The molecule has 0 aliphatic carbocycles. The molecule has 0 saturated heterocycles. The monoisotopic (exact) mass is 233 g/mol. The lowest BCUT2D eigenvalue weighted by atomic mass is 10.3. The molecule has 1 aromatic carbocycles. The summed E-state index contributed by atoms with van der Waals surface area (Å²) in [5, 5.41) is 3.19. The van der Waals surface area contributed by atoms with Crippen LogP contribution in [0.1, 0.15) is 25.6 Å². The average Bonchev–Trinajstić information content (AvgIpc) is 2.63. The van der Waals surface area contributed by atoms with Crippen LogP contribution in [0.3, 0.4) is 0 Å². The predicted octanol–water partition coefficient (Wildman–Crippen LogP) is 3.66. The zero-order valence-corrected chi connectivity index (χ0v) is 10.2. The summed E-state index contributed by atoms with van der Waals surface area (Å²) in [6.45, 7) is 6.14. The smallest absolute Gasteiger partial charge is 0.207 e. The minimum Gasteiger partial charge on any atom is -0.326 e. The summed E-state index contributed by atoms with van der Waals surface area (Å²) in [5.74, 6) is 0.544. The summed E-state index contributed by atoms with van der Waals surface area (Å²) in [5.41, 5.74) is 1.79. The van der Waals surface area contributed by atoms with E-state index in [9.17, 15) is 4.39 Å². The molecule has 0 radical (unpaired) electrons. The van der Waals surface area contributed by atoms with E-state index in [4.69, 9.17) is 0 Å². The molecule has 2 rings (SSSR count). The maximum atomic E-state index is 12.8. The molecular weight excluding hydrogens is 217 g/mol. The van der Waals surface area contributed by atoms with Crippen LogP contribution >= 0.6 is 0 Å². The first-order valence-electron chi connectivity index (χ1n) is 5.64. The summed E-state index contributed by atoms with van der Waals surface area (Å²) in [7, 11) is 0. The molecule has 0 spiro atoms. The van der Waals surface area contributed by atoms with Gasteiger partial charge in [0, 0.05) is 17.9 Å². The Morgan fingerprint density at radius 3 is 2.47 bits per heavy atom. The van der Waals surface area contributed by atoms with Crippen molar-refractivity contribution < 1.29 is 4.39 Å². The fourth-order valence-electron chi connectivity index (χ4n) is 1.66. The normalized spacial score (nSPS) is 10.9. The van der Waals surface area contributed by atoms with E-state index in [-0.39, 0.29) is 5.82 Å². The molecule has 4 heteroatoms. The number of aryl methyl sites for hydroxylation is 1. The van der Waals surface area contributed by atoms with Gasteiger partial charge in [-0.3, -0.25) is 0 Å². The lowest BCUT2D eigenvalue weighted by molar-refractivity contribution is 0.607. The maximum absolute atomic E-state index is 12.8. The Labute approximate surface area is 100 Å². The van der Waals surface area contributed by atoms with Crippen molar-refractivity contribution >= 4 is 11.6 Å². The molecule has 0 aliphatic rings. The Hall–Kier alpha value is -1.84. The molecule has 1 N–H and O–H groups in total. The third-order valence-electron chi connectivity index (χ3n) is 2.51. The Bertz CT molecular complexity index is 500. The minimum absolute atomic E-state index is 0.237. The Morgan fingerprint density at radius 2 is 1.88 bits per heavy atom. The topological polar surface area (TPSA) is 29.9 Å². The number of halogens is 1. The van der Waals surface area contributed by atoms with Gasteiger partial charge in [0.05, 0.1) is 5.69 Å². The summed E-state index contributed by atoms with van der Waals surface area (Å²) in [6.07, 6.45) is 2.00. The van der Waals surface area contributed by atoms with Gasteiger partial charge in [-0.1, -0.05) is 0 Å². The zero-order chi connectivity index (χ0) is 12.4. The highest BCUT2D eigenvalue weighted by Gasteiger charge is 2.08. The number of hydrogen-bond donors (Lipinski definition) is 1. The van der Waals surface area contributed by atoms with E-state index >= 15 is 0 Å². The molecule has 0 unspecified atom stereocenters. The average molecular weight is 233 g/mol. The summed E-state index contributed by atoms with van der Waals surface area (Å²) < 4.78 is 14.8. The van der Waals surface area contributed by atoms with Crippen LogP contribution < -0.4 is 5.32 Å². The molecule has 0 fully saturated rings. The second-order valence-electron chi connectivity index (χ2n) is 4.34. The number of nitrogens with zero attached hydrogens (tertiary/aromatic N) is 2. The molecule has 90 valence electrons. The van der Waals surface area contributed by atoms with Crippen LogP contribution in [0.4, 0.5) is 16.0 Å². The number of rotatable bonds is 3. The molecule has 2 aromatic rings. The van der Waals surface area contributed by atoms with Crippen molar-refractivity contribution in [3.05, 3.63) is 42.0 Å². The first-order valence-corrected chi connectivity index (χ1v) is 5.64. The standard InChI is InChI=1S/C13H16FN3/c1-9(2)17-8-10(3)15-13(17)16-12-6-4-11(14)5-7-12/h4-9H,1-3H3,(H,15,16). The number of nitrogens with one attached hydrogen (secondary N) is 1. The van der Waals surface area contributed by atoms with Gasteiger partial charge in [-0.25, -0.2) is 9.37 Å². The van der Waals surface area contributed by atoms with Crippen LogP contribution in [0, 0.1) is 12.7 Å². The second-order valence-corrected chi connectivity index (χ2v) is 4.34. The molecule has 1 heterocycles. The third kappa shape index (κ3) is 2.64. The van der Waals surface area contributed by atoms with Crippen LogP contribution in [-0.2, 0) is 0 Å². The molecule has 17 heavy (non-hydrogen) atoms. The van der Waals surface area contributed by atoms with Crippen molar-refractivity contribution in [1.29, 1.82) is 0 Å². The van der Waals surface area contributed by atoms with Gasteiger partial charge in [0.25, 0.3) is 0 Å². The number of hydrogen-bond acceptors (Lipinski definition) is 2. The van der Waals surface area contributed by atoms with E-state index in [0.717, 1.165) is 17.3 Å². The largest absolute Gasteiger partial charge is 0.326 e. The number of imidazole rings is 1. The quantitative estimate of drug-likeness (QED) is 0.876.